The lowest BCUT2D eigenvalue weighted by Gasteiger charge is -2.19. The number of nitrogens with two attached hydrogens (primary N) is 1. The molecule has 6 heteroatoms. The van der Waals surface area contributed by atoms with Crippen LogP contribution < -0.4 is 5.73 Å². The maximum atomic E-state index is 12.2. The summed E-state index contributed by atoms with van der Waals surface area (Å²) >= 11 is 0. The molecule has 0 spiro atoms. The third-order valence-corrected chi connectivity index (χ3v) is 4.83. The summed E-state index contributed by atoms with van der Waals surface area (Å²) in [5, 5.41) is 0. The third-order valence-electron chi connectivity index (χ3n) is 3.09. The van der Waals surface area contributed by atoms with Crippen LogP contribution in [0, 0.1) is 6.92 Å². The summed E-state index contributed by atoms with van der Waals surface area (Å²) in [4.78, 5) is 13.5. The highest BCUT2D eigenvalue weighted by molar-refractivity contribution is 7.92. The molecule has 0 unspecified atom stereocenters. The van der Waals surface area contributed by atoms with Gasteiger partial charge in [-0.2, -0.15) is 0 Å². The lowest BCUT2D eigenvalue weighted by atomic mass is 10.2. The zero-order valence-electron chi connectivity index (χ0n) is 11.5. The number of carbonyl (C=O) groups excluding carboxylic acids is 1. The molecule has 0 fully saturated rings. The van der Waals surface area contributed by atoms with Gasteiger partial charge < -0.3 is 10.6 Å². The van der Waals surface area contributed by atoms with E-state index in [0.29, 0.717) is 24.3 Å². The lowest BCUT2D eigenvalue weighted by Crippen LogP contribution is -2.35. The first-order valence-corrected chi connectivity index (χ1v) is 7.84. The van der Waals surface area contributed by atoms with E-state index in [0.717, 1.165) is 0 Å². The van der Waals surface area contributed by atoms with Crippen LogP contribution in [0.3, 0.4) is 0 Å². The van der Waals surface area contributed by atoms with Crippen LogP contribution in [0.4, 0.5) is 5.69 Å². The zero-order valence-corrected chi connectivity index (χ0v) is 12.3. The van der Waals surface area contributed by atoms with E-state index in [2.05, 4.69) is 0 Å². The predicted molar refractivity (Wildman–Crippen MR) is 75.6 cm³/mol. The number of nitrogens with zero attached hydrogens (tertiary/aromatic N) is 1. The van der Waals surface area contributed by atoms with Crippen LogP contribution in [-0.2, 0) is 14.6 Å². The van der Waals surface area contributed by atoms with Crippen molar-refractivity contribution in [1.29, 1.82) is 0 Å². The van der Waals surface area contributed by atoms with E-state index in [9.17, 15) is 13.2 Å². The Kier molecular flexibility index (Phi) is 4.94. The molecule has 106 valence electrons. The van der Waals surface area contributed by atoms with Crippen LogP contribution in [0.1, 0.15) is 19.4 Å². The Morgan fingerprint density at radius 3 is 2.37 bits per heavy atom. The second-order valence-corrected chi connectivity index (χ2v) is 6.25. The van der Waals surface area contributed by atoms with Crippen molar-refractivity contribution in [3.63, 3.8) is 0 Å². The number of carbonyl (C=O) groups is 1. The monoisotopic (exact) mass is 284 g/mol. The van der Waals surface area contributed by atoms with Crippen LogP contribution in [0.15, 0.2) is 23.1 Å². The van der Waals surface area contributed by atoms with Crippen molar-refractivity contribution in [2.45, 2.75) is 25.7 Å². The average molecular weight is 284 g/mol. The minimum absolute atomic E-state index is 0.132. The van der Waals surface area contributed by atoms with Gasteiger partial charge in [0.05, 0.1) is 4.90 Å². The topological polar surface area (TPSA) is 80.5 Å². The molecule has 1 aromatic carbocycles. The Morgan fingerprint density at radius 2 is 1.84 bits per heavy atom. The van der Waals surface area contributed by atoms with Crippen LogP contribution in [0.5, 0.6) is 0 Å². The van der Waals surface area contributed by atoms with Gasteiger partial charge in [0.2, 0.25) is 5.91 Å². The van der Waals surface area contributed by atoms with Gasteiger partial charge in [-0.1, -0.05) is 6.07 Å². The first kappa shape index (κ1) is 15.5. The second kappa shape index (κ2) is 6.06. The summed E-state index contributed by atoms with van der Waals surface area (Å²) in [6.45, 7) is 6.28. The quantitative estimate of drug-likeness (QED) is 0.824. The molecule has 5 nitrogen and oxygen atoms in total. The van der Waals surface area contributed by atoms with E-state index < -0.39 is 15.6 Å². The summed E-state index contributed by atoms with van der Waals surface area (Å²) in [6.07, 6.45) is 0. The van der Waals surface area contributed by atoms with E-state index in [-0.39, 0.29) is 10.8 Å². The lowest BCUT2D eigenvalue weighted by molar-refractivity contribution is -0.128. The molecule has 1 amide bonds. The molecule has 0 aliphatic heterocycles. The van der Waals surface area contributed by atoms with E-state index in [1.807, 2.05) is 13.8 Å². The Balaban J connectivity index is 3.06. The minimum atomic E-state index is -3.65. The van der Waals surface area contributed by atoms with Crippen LogP contribution >= 0.6 is 0 Å². The molecule has 0 saturated heterocycles. The molecule has 0 aliphatic carbocycles. The largest absolute Gasteiger partial charge is 0.398 e. The molecule has 0 bridgehead atoms. The molecule has 0 aromatic heterocycles. The number of nitrogen functional groups attached to an aromatic ring is 1. The molecule has 0 radical (unpaired) electrons. The summed E-state index contributed by atoms with van der Waals surface area (Å²) in [7, 11) is -3.65. The first-order chi connectivity index (χ1) is 8.83. The predicted octanol–water partition coefficient (Wildman–Crippen LogP) is 1.22. The van der Waals surface area contributed by atoms with Crippen molar-refractivity contribution >= 4 is 21.4 Å². The smallest absolute Gasteiger partial charge is 0.238 e. The number of amides is 1. The number of sulfone groups is 1. The van der Waals surface area contributed by atoms with Gasteiger partial charge in [0.1, 0.15) is 5.75 Å². The standard InChI is InChI=1S/C13H20N2O3S/c1-4-15(5-2)13(16)9-19(17,18)12-8-6-7-11(14)10(12)3/h6-8H,4-5,9,14H2,1-3H3. The van der Waals surface area contributed by atoms with E-state index in [1.54, 1.807) is 19.1 Å². The van der Waals surface area contributed by atoms with Gasteiger partial charge in [0, 0.05) is 18.8 Å². The second-order valence-electron chi connectivity index (χ2n) is 4.30. The summed E-state index contributed by atoms with van der Waals surface area (Å²) < 4.78 is 24.5. The van der Waals surface area contributed by atoms with Gasteiger partial charge in [-0.25, -0.2) is 8.42 Å². The van der Waals surface area contributed by atoms with E-state index in [1.165, 1.54) is 11.0 Å². The van der Waals surface area contributed by atoms with Crippen LogP contribution in [-0.4, -0.2) is 38.1 Å². The number of rotatable bonds is 5. The molecule has 1 aromatic rings. The van der Waals surface area contributed by atoms with E-state index >= 15 is 0 Å². The molecular formula is C13H20N2O3S. The SMILES string of the molecule is CCN(CC)C(=O)CS(=O)(=O)c1cccc(N)c1C. The van der Waals surface area contributed by atoms with Crippen molar-refractivity contribution in [2.75, 3.05) is 24.6 Å². The van der Waals surface area contributed by atoms with E-state index in [4.69, 9.17) is 5.73 Å². The average Bonchev–Trinajstić information content (AvgIpc) is 2.33. The fraction of sp³-hybridized carbons (Fsp3) is 0.462. The highest BCUT2D eigenvalue weighted by atomic mass is 32.2. The molecule has 0 saturated carbocycles. The Bertz CT molecular complexity index is 563. The maximum Gasteiger partial charge on any atom is 0.238 e. The van der Waals surface area contributed by atoms with Crippen molar-refractivity contribution in [3.05, 3.63) is 23.8 Å². The van der Waals surface area contributed by atoms with Gasteiger partial charge in [0.15, 0.2) is 9.84 Å². The minimum Gasteiger partial charge on any atom is -0.398 e. The summed E-state index contributed by atoms with van der Waals surface area (Å²) in [6, 6.07) is 4.70. The fourth-order valence-corrected chi connectivity index (χ4v) is 3.41. The van der Waals surface area contributed by atoms with Gasteiger partial charge in [-0.15, -0.1) is 0 Å². The molecule has 2 N–H and O–H groups in total. The summed E-state index contributed by atoms with van der Waals surface area (Å²) in [5.41, 5.74) is 6.61. The zero-order chi connectivity index (χ0) is 14.6. The van der Waals surface area contributed by atoms with Crippen molar-refractivity contribution in [3.8, 4) is 0 Å². The molecule has 19 heavy (non-hydrogen) atoms. The van der Waals surface area contributed by atoms with Gasteiger partial charge in [0.25, 0.3) is 0 Å². The Labute approximate surface area is 114 Å². The normalized spacial score (nSPS) is 11.3. The van der Waals surface area contributed by atoms with Crippen molar-refractivity contribution < 1.29 is 13.2 Å². The van der Waals surface area contributed by atoms with Crippen molar-refractivity contribution in [2.24, 2.45) is 0 Å². The molecular weight excluding hydrogens is 264 g/mol. The number of hydrogen-bond acceptors (Lipinski definition) is 4. The van der Waals surface area contributed by atoms with Gasteiger partial charge in [-0.05, 0) is 38.5 Å². The fourth-order valence-electron chi connectivity index (χ4n) is 1.88. The molecule has 1 rings (SSSR count). The van der Waals surface area contributed by atoms with Gasteiger partial charge in [-0.3, -0.25) is 4.79 Å². The summed E-state index contributed by atoms with van der Waals surface area (Å²) in [5.74, 6) is -0.897. The number of benzene rings is 1. The number of hydrogen-bond donors (Lipinski definition) is 1. The first-order valence-electron chi connectivity index (χ1n) is 6.19. The van der Waals surface area contributed by atoms with Crippen LogP contribution in [0.2, 0.25) is 0 Å². The highest BCUT2D eigenvalue weighted by Gasteiger charge is 2.24. The maximum absolute atomic E-state index is 12.2. The Hall–Kier alpha value is -1.56. The molecule has 0 heterocycles. The van der Waals surface area contributed by atoms with Crippen molar-refractivity contribution in [1.82, 2.24) is 4.90 Å². The van der Waals surface area contributed by atoms with Gasteiger partial charge >= 0.3 is 0 Å². The Morgan fingerprint density at radius 1 is 1.26 bits per heavy atom. The molecule has 0 atom stereocenters. The highest BCUT2D eigenvalue weighted by Crippen LogP contribution is 2.21. The van der Waals surface area contributed by atoms with Crippen LogP contribution in [0.25, 0.3) is 0 Å². The molecule has 0 aliphatic rings. The third kappa shape index (κ3) is 3.47. The number of anilines is 1.